The lowest BCUT2D eigenvalue weighted by Gasteiger charge is -2.30. The molecule has 0 bridgehead atoms. The van der Waals surface area contributed by atoms with Crippen molar-refractivity contribution < 1.29 is 9.53 Å². The van der Waals surface area contributed by atoms with Crippen molar-refractivity contribution in [1.82, 2.24) is 4.90 Å². The van der Waals surface area contributed by atoms with Crippen LogP contribution in [0.3, 0.4) is 0 Å². The van der Waals surface area contributed by atoms with Gasteiger partial charge in [-0.05, 0) is 124 Å². The molecule has 0 aliphatic rings. The fourth-order valence-corrected chi connectivity index (χ4v) is 5.87. The minimum atomic E-state index is -0.310. The van der Waals surface area contributed by atoms with E-state index in [0.29, 0.717) is 6.42 Å². The Labute approximate surface area is 294 Å². The predicted molar refractivity (Wildman–Crippen MR) is 210 cm³/mol. The summed E-state index contributed by atoms with van der Waals surface area (Å²) in [5.41, 5.74) is -0.310. The first kappa shape index (κ1) is 45.1. The number of carbonyl (C=O) groups is 1. The fourth-order valence-electron chi connectivity index (χ4n) is 5.87. The van der Waals surface area contributed by atoms with Gasteiger partial charge < -0.3 is 9.64 Å². The molecule has 0 amide bonds. The molecule has 0 heterocycles. The minimum absolute atomic E-state index is 0.00809. The highest BCUT2D eigenvalue weighted by Gasteiger charge is 2.27. The summed E-state index contributed by atoms with van der Waals surface area (Å²) in [6.45, 7) is 7.57. The van der Waals surface area contributed by atoms with Crippen molar-refractivity contribution >= 4 is 5.97 Å². The Morgan fingerprint density at radius 1 is 0.532 bits per heavy atom. The molecule has 0 saturated carbocycles. The average molecular weight is 654 g/mol. The molecule has 0 aromatic heterocycles. The number of hydrogen-bond donors (Lipinski definition) is 0. The lowest BCUT2D eigenvalue weighted by Crippen LogP contribution is -2.32. The van der Waals surface area contributed by atoms with Gasteiger partial charge in [-0.1, -0.05) is 139 Å². The number of rotatable bonds is 34. The van der Waals surface area contributed by atoms with E-state index < -0.39 is 0 Å². The zero-order valence-corrected chi connectivity index (χ0v) is 32.1. The number of allylic oxidation sites excluding steroid dienone is 10. The SMILES string of the molecule is CCC=CCC=CCC=CCCCCCCCCC(C)(CCCCCCCCC=CCC=CCCCCC)OC(=O)CCCN(C)C. The second-order valence-electron chi connectivity index (χ2n) is 14.1. The van der Waals surface area contributed by atoms with E-state index in [2.05, 4.69) is 101 Å². The largest absolute Gasteiger partial charge is 0.459 e. The van der Waals surface area contributed by atoms with Gasteiger partial charge in [-0.25, -0.2) is 0 Å². The van der Waals surface area contributed by atoms with E-state index in [1.54, 1.807) is 0 Å². The summed E-state index contributed by atoms with van der Waals surface area (Å²) < 4.78 is 6.18. The second kappa shape index (κ2) is 35.4. The van der Waals surface area contributed by atoms with E-state index in [4.69, 9.17) is 4.74 Å². The van der Waals surface area contributed by atoms with Crippen LogP contribution >= 0.6 is 0 Å². The maximum atomic E-state index is 12.7. The highest BCUT2D eigenvalue weighted by molar-refractivity contribution is 5.69. The van der Waals surface area contributed by atoms with Gasteiger partial charge in [0.2, 0.25) is 0 Å². The lowest BCUT2D eigenvalue weighted by atomic mass is 9.91. The molecule has 0 aliphatic carbocycles. The predicted octanol–water partition coefficient (Wildman–Crippen LogP) is 13.8. The summed E-state index contributed by atoms with van der Waals surface area (Å²) in [7, 11) is 4.12. The van der Waals surface area contributed by atoms with Gasteiger partial charge in [0.15, 0.2) is 0 Å². The monoisotopic (exact) mass is 654 g/mol. The normalized spacial score (nSPS) is 13.8. The van der Waals surface area contributed by atoms with Gasteiger partial charge >= 0.3 is 5.97 Å². The van der Waals surface area contributed by atoms with Crippen molar-refractivity contribution in [2.75, 3.05) is 20.6 Å². The molecule has 3 nitrogen and oxygen atoms in total. The van der Waals surface area contributed by atoms with Gasteiger partial charge in [0, 0.05) is 6.42 Å². The van der Waals surface area contributed by atoms with E-state index >= 15 is 0 Å². The number of ether oxygens (including phenoxy) is 1. The molecular weight excluding hydrogens is 574 g/mol. The molecule has 47 heavy (non-hydrogen) atoms. The van der Waals surface area contributed by atoms with Crippen molar-refractivity contribution in [2.24, 2.45) is 0 Å². The number of unbranched alkanes of at least 4 members (excludes halogenated alkanes) is 15. The molecule has 0 fully saturated rings. The van der Waals surface area contributed by atoms with E-state index in [1.165, 1.54) is 103 Å². The van der Waals surface area contributed by atoms with Crippen molar-refractivity contribution in [1.29, 1.82) is 0 Å². The first-order chi connectivity index (χ1) is 22.9. The molecule has 0 N–H and O–H groups in total. The minimum Gasteiger partial charge on any atom is -0.459 e. The summed E-state index contributed by atoms with van der Waals surface area (Å²) in [5.74, 6) is -0.00809. The molecule has 3 heteroatoms. The van der Waals surface area contributed by atoms with E-state index in [1.807, 2.05) is 0 Å². The lowest BCUT2D eigenvalue weighted by molar-refractivity contribution is -0.160. The van der Waals surface area contributed by atoms with E-state index in [-0.39, 0.29) is 11.6 Å². The molecule has 1 unspecified atom stereocenters. The maximum absolute atomic E-state index is 12.7. The Morgan fingerprint density at radius 2 is 0.936 bits per heavy atom. The molecule has 1 atom stereocenters. The molecule has 0 aromatic carbocycles. The van der Waals surface area contributed by atoms with Crippen LogP contribution in [-0.2, 0) is 9.53 Å². The van der Waals surface area contributed by atoms with Gasteiger partial charge in [0.25, 0.3) is 0 Å². The van der Waals surface area contributed by atoms with Gasteiger partial charge in [-0.3, -0.25) is 4.79 Å². The molecular formula is C44H79NO2. The first-order valence-electron chi connectivity index (χ1n) is 20.0. The van der Waals surface area contributed by atoms with Crippen LogP contribution in [0, 0.1) is 0 Å². The van der Waals surface area contributed by atoms with Crippen LogP contribution in [0.25, 0.3) is 0 Å². The quantitative estimate of drug-likeness (QED) is 0.0393. The molecule has 0 radical (unpaired) electrons. The van der Waals surface area contributed by atoms with Gasteiger partial charge in [-0.15, -0.1) is 0 Å². The van der Waals surface area contributed by atoms with E-state index in [9.17, 15) is 4.79 Å². The molecule has 0 aliphatic heterocycles. The molecule has 272 valence electrons. The topological polar surface area (TPSA) is 29.5 Å². The van der Waals surface area contributed by atoms with Crippen molar-refractivity contribution in [3.63, 3.8) is 0 Å². The summed E-state index contributed by atoms with van der Waals surface area (Å²) in [6.07, 6.45) is 53.5. The van der Waals surface area contributed by atoms with Crippen LogP contribution in [-0.4, -0.2) is 37.1 Å². The molecule has 0 spiro atoms. The zero-order valence-electron chi connectivity index (χ0n) is 32.1. The van der Waals surface area contributed by atoms with Gasteiger partial charge in [0.05, 0.1) is 0 Å². The van der Waals surface area contributed by atoms with Crippen LogP contribution in [0.1, 0.15) is 188 Å². The summed E-state index contributed by atoms with van der Waals surface area (Å²) >= 11 is 0. The van der Waals surface area contributed by atoms with Crippen LogP contribution in [0.2, 0.25) is 0 Å². The van der Waals surface area contributed by atoms with Crippen molar-refractivity contribution in [3.8, 4) is 0 Å². The number of hydrogen-bond acceptors (Lipinski definition) is 3. The second-order valence-corrected chi connectivity index (χ2v) is 14.1. The Morgan fingerprint density at radius 3 is 1.38 bits per heavy atom. The third-order valence-corrected chi connectivity index (χ3v) is 8.86. The van der Waals surface area contributed by atoms with Gasteiger partial charge in [-0.2, -0.15) is 0 Å². The molecule has 0 rings (SSSR count). The summed E-state index contributed by atoms with van der Waals surface area (Å²) in [6, 6.07) is 0. The first-order valence-corrected chi connectivity index (χ1v) is 20.0. The Bertz CT molecular complexity index is 821. The summed E-state index contributed by atoms with van der Waals surface area (Å²) in [4.78, 5) is 14.9. The zero-order chi connectivity index (χ0) is 34.5. The van der Waals surface area contributed by atoms with Crippen LogP contribution in [0.5, 0.6) is 0 Å². The van der Waals surface area contributed by atoms with E-state index in [0.717, 1.165) is 64.3 Å². The molecule has 0 aromatic rings. The van der Waals surface area contributed by atoms with Gasteiger partial charge in [0.1, 0.15) is 5.60 Å². The number of carbonyl (C=O) groups excluding carboxylic acids is 1. The Balaban J connectivity index is 4.18. The van der Waals surface area contributed by atoms with Crippen molar-refractivity contribution in [3.05, 3.63) is 60.8 Å². The Kier molecular flexibility index (Phi) is 34.0. The van der Waals surface area contributed by atoms with Crippen LogP contribution < -0.4 is 0 Å². The third kappa shape index (κ3) is 35.3. The fraction of sp³-hybridized carbons (Fsp3) is 0.750. The van der Waals surface area contributed by atoms with Crippen LogP contribution in [0.15, 0.2) is 60.8 Å². The number of esters is 1. The van der Waals surface area contributed by atoms with Crippen molar-refractivity contribution in [2.45, 2.75) is 193 Å². The number of nitrogens with zero attached hydrogens (tertiary/aromatic N) is 1. The summed E-state index contributed by atoms with van der Waals surface area (Å²) in [5, 5.41) is 0. The smallest absolute Gasteiger partial charge is 0.306 e. The highest BCUT2D eigenvalue weighted by Crippen LogP contribution is 2.28. The highest BCUT2D eigenvalue weighted by atomic mass is 16.6. The molecule has 0 saturated heterocycles. The Hall–Kier alpha value is -1.87. The van der Waals surface area contributed by atoms with Crippen LogP contribution in [0.4, 0.5) is 0 Å². The standard InChI is InChI=1S/C44H79NO2/c1-6-8-10-12-14-16-18-20-22-24-26-28-30-32-34-36-40-44(3,47-43(46)39-38-42-45(4)5)41-37-35-33-31-29-27-25-23-21-19-17-15-13-11-9-7-2/h8,10,14-17,20-23H,6-7,9,11-13,18-19,24-42H2,1-5H3. The average Bonchev–Trinajstić information content (AvgIpc) is 3.04. The maximum Gasteiger partial charge on any atom is 0.306 e. The third-order valence-electron chi connectivity index (χ3n) is 8.86.